The largest absolute Gasteiger partial charge is 0.444 e. The Bertz CT molecular complexity index is 643. The quantitative estimate of drug-likeness (QED) is 0.828. The van der Waals surface area contributed by atoms with Crippen LogP contribution >= 0.6 is 11.6 Å². The Morgan fingerprint density at radius 1 is 1.46 bits per heavy atom. The van der Waals surface area contributed by atoms with Crippen LogP contribution in [-0.2, 0) is 16.8 Å². The van der Waals surface area contributed by atoms with Gasteiger partial charge in [-0.3, -0.25) is 4.98 Å². The molecule has 0 aromatic carbocycles. The summed E-state index contributed by atoms with van der Waals surface area (Å²) in [6.07, 6.45) is 0.452. The van der Waals surface area contributed by atoms with Gasteiger partial charge in [-0.05, 0) is 32.4 Å². The van der Waals surface area contributed by atoms with Crippen LogP contribution < -0.4 is 0 Å². The van der Waals surface area contributed by atoms with Gasteiger partial charge in [0.05, 0.1) is 23.4 Å². The standard InChI is InChI=1S/C18H26ClFN2O4/c1-17(2,3)26-16(25)22-6-4-18(20,5-7-22)15-14(19)9-12(10-21-15)8-13(24)11-23/h9-10,13,23-24H,4-8,11H2,1-3H3/t13-/m1/s1. The third kappa shape index (κ3) is 5.28. The summed E-state index contributed by atoms with van der Waals surface area (Å²) in [5, 5.41) is 18.6. The van der Waals surface area contributed by atoms with E-state index in [0.717, 1.165) is 0 Å². The summed E-state index contributed by atoms with van der Waals surface area (Å²) in [5.41, 5.74) is -1.55. The van der Waals surface area contributed by atoms with E-state index in [1.807, 2.05) is 0 Å². The lowest BCUT2D eigenvalue weighted by atomic mass is 9.89. The van der Waals surface area contributed by atoms with E-state index in [4.69, 9.17) is 21.4 Å². The molecule has 1 aromatic rings. The molecule has 1 aromatic heterocycles. The fraction of sp³-hybridized carbons (Fsp3) is 0.667. The van der Waals surface area contributed by atoms with Crippen LogP contribution in [0.4, 0.5) is 9.18 Å². The van der Waals surface area contributed by atoms with E-state index in [0.29, 0.717) is 5.56 Å². The number of aliphatic hydroxyl groups is 2. The first kappa shape index (κ1) is 20.9. The fourth-order valence-corrected chi connectivity index (χ4v) is 3.22. The molecular formula is C18H26ClFN2O4. The van der Waals surface area contributed by atoms with Gasteiger partial charge in [-0.1, -0.05) is 11.6 Å². The van der Waals surface area contributed by atoms with Crippen molar-refractivity contribution in [3.05, 3.63) is 28.5 Å². The van der Waals surface area contributed by atoms with Gasteiger partial charge in [0, 0.05) is 38.5 Å². The smallest absolute Gasteiger partial charge is 0.410 e. The van der Waals surface area contributed by atoms with Gasteiger partial charge < -0.3 is 19.8 Å². The van der Waals surface area contributed by atoms with Crippen LogP contribution in [0.5, 0.6) is 0 Å². The van der Waals surface area contributed by atoms with E-state index in [1.165, 1.54) is 11.1 Å². The molecule has 146 valence electrons. The normalized spacial score (nSPS) is 18.5. The van der Waals surface area contributed by atoms with Crippen LogP contribution in [0.2, 0.25) is 5.02 Å². The maximum absolute atomic E-state index is 15.4. The van der Waals surface area contributed by atoms with Gasteiger partial charge in [-0.15, -0.1) is 0 Å². The van der Waals surface area contributed by atoms with Crippen LogP contribution in [0, 0.1) is 0 Å². The second kappa shape index (κ2) is 8.06. The average molecular weight is 389 g/mol. The number of nitrogens with zero attached hydrogens (tertiary/aromatic N) is 2. The number of halogens is 2. The third-order valence-corrected chi connectivity index (χ3v) is 4.50. The van der Waals surface area contributed by atoms with Gasteiger partial charge in [0.1, 0.15) is 5.60 Å². The molecule has 0 unspecified atom stereocenters. The molecular weight excluding hydrogens is 363 g/mol. The number of hydrogen-bond acceptors (Lipinski definition) is 5. The maximum Gasteiger partial charge on any atom is 0.410 e. The Morgan fingerprint density at radius 2 is 2.08 bits per heavy atom. The van der Waals surface area contributed by atoms with E-state index in [2.05, 4.69) is 4.98 Å². The minimum atomic E-state index is -1.72. The summed E-state index contributed by atoms with van der Waals surface area (Å²) in [4.78, 5) is 17.7. The van der Waals surface area contributed by atoms with Gasteiger partial charge in [0.2, 0.25) is 0 Å². The van der Waals surface area contributed by atoms with Crippen molar-refractivity contribution in [1.82, 2.24) is 9.88 Å². The zero-order valence-corrected chi connectivity index (χ0v) is 16.1. The number of aliphatic hydroxyl groups excluding tert-OH is 2. The highest BCUT2D eigenvalue weighted by molar-refractivity contribution is 6.31. The first-order valence-corrected chi connectivity index (χ1v) is 9.02. The molecule has 8 heteroatoms. The van der Waals surface area contributed by atoms with E-state index < -0.39 is 23.5 Å². The Hall–Kier alpha value is -1.44. The van der Waals surface area contributed by atoms with Crippen LogP contribution in [0.25, 0.3) is 0 Å². The first-order valence-electron chi connectivity index (χ1n) is 8.65. The Kier molecular flexibility index (Phi) is 6.47. The summed E-state index contributed by atoms with van der Waals surface area (Å²) in [6.45, 7) is 5.42. The third-order valence-electron chi connectivity index (χ3n) is 4.21. The van der Waals surface area contributed by atoms with E-state index in [-0.39, 0.29) is 49.7 Å². The number of piperidine rings is 1. The lowest BCUT2D eigenvalue weighted by Crippen LogP contribution is -2.45. The highest BCUT2D eigenvalue weighted by atomic mass is 35.5. The maximum atomic E-state index is 15.4. The van der Waals surface area contributed by atoms with Crippen molar-refractivity contribution in [2.24, 2.45) is 0 Å². The molecule has 0 aliphatic carbocycles. The van der Waals surface area contributed by atoms with Gasteiger partial charge in [-0.25, -0.2) is 9.18 Å². The van der Waals surface area contributed by atoms with Gasteiger partial charge in [0.25, 0.3) is 0 Å². The molecule has 0 bridgehead atoms. The van der Waals surface area contributed by atoms with Crippen molar-refractivity contribution in [2.45, 2.75) is 57.4 Å². The minimum Gasteiger partial charge on any atom is -0.444 e. The van der Waals surface area contributed by atoms with Crippen molar-refractivity contribution in [3.8, 4) is 0 Å². The highest BCUT2D eigenvalue weighted by Crippen LogP contribution is 2.39. The van der Waals surface area contributed by atoms with Gasteiger partial charge in [-0.2, -0.15) is 0 Å². The predicted molar refractivity (Wildman–Crippen MR) is 95.9 cm³/mol. The summed E-state index contributed by atoms with van der Waals surface area (Å²) in [7, 11) is 0. The molecule has 1 fully saturated rings. The van der Waals surface area contributed by atoms with Gasteiger partial charge in [0.15, 0.2) is 5.67 Å². The minimum absolute atomic E-state index is 0.0809. The molecule has 0 radical (unpaired) electrons. The van der Waals surface area contributed by atoms with Crippen molar-refractivity contribution >= 4 is 17.7 Å². The number of carbonyl (C=O) groups is 1. The van der Waals surface area contributed by atoms with Crippen molar-refractivity contribution < 1.29 is 24.1 Å². The average Bonchev–Trinajstić information content (AvgIpc) is 2.53. The molecule has 1 atom stereocenters. The van der Waals surface area contributed by atoms with Crippen LogP contribution in [0.1, 0.15) is 44.9 Å². The molecule has 0 saturated carbocycles. The molecule has 1 amide bonds. The highest BCUT2D eigenvalue weighted by Gasteiger charge is 2.41. The number of pyridine rings is 1. The number of ether oxygens (including phenoxy) is 1. The molecule has 2 N–H and O–H groups in total. The number of aromatic nitrogens is 1. The number of alkyl halides is 1. The molecule has 1 aliphatic rings. The molecule has 0 spiro atoms. The summed E-state index contributed by atoms with van der Waals surface area (Å²) >= 11 is 6.21. The first-order chi connectivity index (χ1) is 12.0. The van der Waals surface area contributed by atoms with Crippen molar-refractivity contribution in [2.75, 3.05) is 19.7 Å². The second-order valence-corrected chi connectivity index (χ2v) is 8.05. The number of likely N-dealkylation sites (tertiary alicyclic amines) is 1. The summed E-state index contributed by atoms with van der Waals surface area (Å²) in [6, 6.07) is 1.56. The molecule has 2 rings (SSSR count). The molecule has 6 nitrogen and oxygen atoms in total. The van der Waals surface area contributed by atoms with E-state index in [1.54, 1.807) is 26.8 Å². The lowest BCUT2D eigenvalue weighted by molar-refractivity contribution is 0.00129. The molecule has 26 heavy (non-hydrogen) atoms. The monoisotopic (exact) mass is 388 g/mol. The van der Waals surface area contributed by atoms with E-state index in [9.17, 15) is 9.90 Å². The zero-order chi connectivity index (χ0) is 19.5. The SMILES string of the molecule is CC(C)(C)OC(=O)N1CCC(F)(c2ncc(C[C@@H](O)CO)cc2Cl)CC1. The molecule has 1 saturated heterocycles. The summed E-state index contributed by atoms with van der Waals surface area (Å²) in [5.74, 6) is 0. The second-order valence-electron chi connectivity index (χ2n) is 7.65. The van der Waals surface area contributed by atoms with Crippen molar-refractivity contribution in [1.29, 1.82) is 0 Å². The number of carbonyl (C=O) groups excluding carboxylic acids is 1. The predicted octanol–water partition coefficient (Wildman–Crippen LogP) is 2.83. The topological polar surface area (TPSA) is 82.9 Å². The Morgan fingerprint density at radius 3 is 2.58 bits per heavy atom. The number of rotatable bonds is 4. The molecule has 1 aliphatic heterocycles. The Balaban J connectivity index is 2.05. The fourth-order valence-electron chi connectivity index (χ4n) is 2.86. The van der Waals surface area contributed by atoms with E-state index >= 15 is 4.39 Å². The number of hydrogen-bond donors (Lipinski definition) is 2. The van der Waals surface area contributed by atoms with Crippen molar-refractivity contribution in [3.63, 3.8) is 0 Å². The van der Waals surface area contributed by atoms with Crippen LogP contribution in [0.15, 0.2) is 12.3 Å². The zero-order valence-electron chi connectivity index (χ0n) is 15.3. The summed E-state index contributed by atoms with van der Waals surface area (Å²) < 4.78 is 20.7. The number of amides is 1. The lowest BCUT2D eigenvalue weighted by Gasteiger charge is -2.37. The van der Waals surface area contributed by atoms with Crippen LogP contribution in [0.3, 0.4) is 0 Å². The van der Waals surface area contributed by atoms with Gasteiger partial charge >= 0.3 is 6.09 Å². The Labute approximate surface area is 157 Å². The molecule has 2 heterocycles. The van der Waals surface area contributed by atoms with Crippen LogP contribution in [-0.4, -0.2) is 57.6 Å².